The molecule has 0 saturated heterocycles. The van der Waals surface area contributed by atoms with Crippen molar-refractivity contribution in [1.29, 1.82) is 0 Å². The Morgan fingerprint density at radius 1 is 1.44 bits per heavy atom. The average Bonchev–Trinajstić information content (AvgIpc) is 2.16. The number of carbonyl (C=O) groups is 1. The normalized spacial score (nSPS) is 16.1. The van der Waals surface area contributed by atoms with Crippen molar-refractivity contribution in [2.45, 2.75) is 25.8 Å². The fourth-order valence-corrected chi connectivity index (χ4v) is 0.750. The van der Waals surface area contributed by atoms with Crippen LogP contribution in [0.5, 0.6) is 0 Å². The highest BCUT2D eigenvalue weighted by Gasteiger charge is 2.62. The maximum absolute atomic E-state index is 12.4. The number of aliphatic hydroxyl groups is 1. The van der Waals surface area contributed by atoms with Crippen molar-refractivity contribution in [3.63, 3.8) is 0 Å². The third-order valence-electron chi connectivity index (χ3n) is 1.56. The molecule has 1 atom stereocenters. The van der Waals surface area contributed by atoms with E-state index in [0.717, 1.165) is 0 Å². The van der Waals surface area contributed by atoms with Crippen LogP contribution in [0.3, 0.4) is 0 Å². The molecule has 4 nitrogen and oxygen atoms in total. The number of alkyl halides is 3. The third kappa shape index (κ3) is 3.49. The summed E-state index contributed by atoms with van der Waals surface area (Å²) in [6.07, 6.45) is -2.61. The fourth-order valence-electron chi connectivity index (χ4n) is 0.750. The average molecular weight is 242 g/mol. The van der Waals surface area contributed by atoms with Gasteiger partial charge in [-0.3, -0.25) is 0 Å². The van der Waals surface area contributed by atoms with E-state index in [1.807, 2.05) is 0 Å². The number of carbonyl (C=O) groups excluding carboxylic acids is 1. The number of rotatable bonds is 5. The van der Waals surface area contributed by atoms with Crippen molar-refractivity contribution in [1.82, 2.24) is 0 Å². The molecule has 0 aromatic heterocycles. The van der Waals surface area contributed by atoms with Gasteiger partial charge in [0.25, 0.3) is 0 Å². The van der Waals surface area contributed by atoms with Gasteiger partial charge in [0.15, 0.2) is 0 Å². The Balaban J connectivity index is 4.82. The lowest BCUT2D eigenvalue weighted by atomic mass is 10.2. The van der Waals surface area contributed by atoms with Gasteiger partial charge in [-0.1, -0.05) is 12.2 Å². The maximum Gasteiger partial charge on any atom is 0.455 e. The first kappa shape index (κ1) is 14.9. The second kappa shape index (κ2) is 5.86. The van der Waals surface area contributed by atoms with Crippen molar-refractivity contribution >= 4 is 5.97 Å². The van der Waals surface area contributed by atoms with E-state index in [0.29, 0.717) is 0 Å². The van der Waals surface area contributed by atoms with Crippen LogP contribution in [-0.4, -0.2) is 36.3 Å². The first-order valence-electron chi connectivity index (χ1n) is 4.51. The van der Waals surface area contributed by atoms with Gasteiger partial charge < -0.3 is 14.6 Å². The number of hydrogen-bond donors (Lipinski definition) is 1. The molecule has 0 aliphatic rings. The zero-order valence-electron chi connectivity index (χ0n) is 8.87. The smallest absolute Gasteiger partial charge is 0.455 e. The molecular formula is C9H13F3O4. The Labute approximate surface area is 90.6 Å². The summed E-state index contributed by atoms with van der Waals surface area (Å²) in [5, 5.41) is 9.12. The van der Waals surface area contributed by atoms with Gasteiger partial charge >= 0.3 is 17.9 Å². The van der Waals surface area contributed by atoms with Crippen LogP contribution in [0, 0.1) is 0 Å². The molecule has 0 amide bonds. The zero-order valence-corrected chi connectivity index (χ0v) is 8.87. The van der Waals surface area contributed by atoms with E-state index in [4.69, 9.17) is 5.11 Å². The minimum Gasteiger partial charge on any atom is -0.462 e. The molecule has 0 radical (unpaired) electrons. The maximum atomic E-state index is 12.4. The second-order valence-corrected chi connectivity index (χ2v) is 2.74. The van der Waals surface area contributed by atoms with E-state index >= 15 is 0 Å². The van der Waals surface area contributed by atoms with Crippen LogP contribution >= 0.6 is 0 Å². The van der Waals surface area contributed by atoms with Gasteiger partial charge in [-0.2, -0.15) is 13.2 Å². The molecule has 0 fully saturated rings. The van der Waals surface area contributed by atoms with Crippen molar-refractivity contribution in [2.75, 3.05) is 13.2 Å². The molecule has 0 rings (SSSR count). The zero-order chi connectivity index (χ0) is 12.8. The highest BCUT2D eigenvalue weighted by Crippen LogP contribution is 2.32. The largest absolute Gasteiger partial charge is 0.462 e. The summed E-state index contributed by atoms with van der Waals surface area (Å²) < 4.78 is 45.4. The topological polar surface area (TPSA) is 55.8 Å². The van der Waals surface area contributed by atoms with Gasteiger partial charge in [0, 0.05) is 0 Å². The van der Waals surface area contributed by atoms with E-state index in [1.54, 1.807) is 6.92 Å². The molecule has 0 spiro atoms. The fraction of sp³-hybridized carbons (Fsp3) is 0.667. The van der Waals surface area contributed by atoms with E-state index in [2.05, 4.69) is 9.47 Å². The molecule has 0 heterocycles. The van der Waals surface area contributed by atoms with Crippen molar-refractivity contribution in [2.24, 2.45) is 0 Å². The summed E-state index contributed by atoms with van der Waals surface area (Å²) in [6, 6.07) is 0. The van der Waals surface area contributed by atoms with Gasteiger partial charge in [0.2, 0.25) is 0 Å². The lowest BCUT2D eigenvalue weighted by molar-refractivity contribution is -0.350. The molecule has 0 aromatic rings. The van der Waals surface area contributed by atoms with E-state index in [1.165, 1.54) is 19.1 Å². The van der Waals surface area contributed by atoms with Gasteiger partial charge in [-0.25, -0.2) is 4.79 Å². The first-order chi connectivity index (χ1) is 7.29. The molecule has 0 aliphatic heterocycles. The molecular weight excluding hydrogens is 229 g/mol. The summed E-state index contributed by atoms with van der Waals surface area (Å²) in [4.78, 5) is 11.0. The molecule has 0 saturated carbocycles. The minimum absolute atomic E-state index is 0.287. The monoisotopic (exact) mass is 242 g/mol. The molecule has 0 aliphatic carbocycles. The predicted molar refractivity (Wildman–Crippen MR) is 48.4 cm³/mol. The van der Waals surface area contributed by atoms with Gasteiger partial charge in [-0.05, 0) is 13.8 Å². The second-order valence-electron chi connectivity index (χ2n) is 2.74. The van der Waals surface area contributed by atoms with Crippen LogP contribution in [0.1, 0.15) is 13.8 Å². The van der Waals surface area contributed by atoms with E-state index < -0.39 is 24.5 Å². The lowest BCUT2D eigenvalue weighted by Crippen LogP contribution is -2.55. The quantitative estimate of drug-likeness (QED) is 0.449. The number of hydrogen-bond acceptors (Lipinski definition) is 4. The van der Waals surface area contributed by atoms with Crippen LogP contribution in [0.2, 0.25) is 0 Å². The highest BCUT2D eigenvalue weighted by molar-refractivity contribution is 5.78. The molecule has 1 unspecified atom stereocenters. The summed E-state index contributed by atoms with van der Waals surface area (Å²) in [5.74, 6) is -5.78. The van der Waals surface area contributed by atoms with Crippen LogP contribution in [0.15, 0.2) is 12.2 Å². The van der Waals surface area contributed by atoms with Crippen molar-refractivity contribution in [3.05, 3.63) is 12.2 Å². The Bertz CT molecular complexity index is 262. The number of ether oxygens (including phenoxy) is 2. The summed E-state index contributed by atoms with van der Waals surface area (Å²) in [5.41, 5.74) is 0. The minimum atomic E-state index is -5.25. The van der Waals surface area contributed by atoms with Crippen molar-refractivity contribution in [3.8, 4) is 0 Å². The lowest BCUT2D eigenvalue weighted by Gasteiger charge is -2.27. The Hall–Kier alpha value is -1.08. The van der Waals surface area contributed by atoms with E-state index in [9.17, 15) is 18.0 Å². The van der Waals surface area contributed by atoms with Gasteiger partial charge in [0.05, 0.1) is 13.2 Å². The number of esters is 1. The Morgan fingerprint density at radius 3 is 2.38 bits per heavy atom. The van der Waals surface area contributed by atoms with Crippen LogP contribution in [-0.2, 0) is 14.3 Å². The molecule has 0 aromatic carbocycles. The molecule has 0 bridgehead atoms. The predicted octanol–water partition coefficient (Wildman–Crippen LogP) is 1.39. The summed E-state index contributed by atoms with van der Waals surface area (Å²) in [6.45, 7) is 2.04. The van der Waals surface area contributed by atoms with Gasteiger partial charge in [0.1, 0.15) is 0 Å². The molecule has 7 heteroatoms. The molecule has 1 N–H and O–H groups in total. The summed E-state index contributed by atoms with van der Waals surface area (Å²) >= 11 is 0. The SMILES string of the molecule is C/C=C/COC(O)(C(=O)OCC)C(F)(F)F. The van der Waals surface area contributed by atoms with Crippen LogP contribution in [0.25, 0.3) is 0 Å². The Morgan fingerprint density at radius 2 is 2.00 bits per heavy atom. The van der Waals surface area contributed by atoms with Crippen LogP contribution < -0.4 is 0 Å². The first-order valence-corrected chi connectivity index (χ1v) is 4.51. The standard InChI is InChI=1S/C9H13F3O4/c1-3-5-6-16-8(14,9(10,11)12)7(13)15-4-2/h3,5,14H,4,6H2,1-2H3/b5-3+. The number of halogens is 3. The molecule has 94 valence electrons. The Kier molecular flexibility index (Phi) is 5.46. The van der Waals surface area contributed by atoms with Gasteiger partial charge in [-0.15, -0.1) is 0 Å². The van der Waals surface area contributed by atoms with Crippen LogP contribution in [0.4, 0.5) is 13.2 Å². The third-order valence-corrected chi connectivity index (χ3v) is 1.56. The van der Waals surface area contributed by atoms with Crippen molar-refractivity contribution < 1.29 is 32.5 Å². The molecule has 16 heavy (non-hydrogen) atoms. The van der Waals surface area contributed by atoms with E-state index in [-0.39, 0.29) is 6.61 Å². The number of allylic oxidation sites excluding steroid dienone is 1. The highest BCUT2D eigenvalue weighted by atomic mass is 19.4. The summed E-state index contributed by atoms with van der Waals surface area (Å²) in [7, 11) is 0.